The lowest BCUT2D eigenvalue weighted by molar-refractivity contribution is 0.416. The number of methoxy groups -OCH3 is 1. The maximum Gasteiger partial charge on any atom is 0.266 e. The SMILES string of the molecule is COc1cc(C)c2[nH]c(=O)c3sc(C)cc3c2c1-c1ccc([C@@H](C)CN)cc1.Cl. The number of H-pyrrole nitrogens is 1. The molecule has 0 spiro atoms. The third kappa shape index (κ3) is 3.54. The lowest BCUT2D eigenvalue weighted by Gasteiger charge is -2.16. The van der Waals surface area contributed by atoms with Crippen molar-refractivity contribution in [3.05, 3.63) is 62.8 Å². The van der Waals surface area contributed by atoms with E-state index in [1.807, 2.05) is 19.9 Å². The molecule has 6 heteroatoms. The molecule has 0 aliphatic rings. The van der Waals surface area contributed by atoms with E-state index in [0.717, 1.165) is 48.3 Å². The summed E-state index contributed by atoms with van der Waals surface area (Å²) in [4.78, 5) is 16.8. The predicted molar refractivity (Wildman–Crippen MR) is 126 cm³/mol. The molecule has 0 bridgehead atoms. The molecule has 4 aromatic rings. The molecule has 152 valence electrons. The molecule has 2 heterocycles. The van der Waals surface area contributed by atoms with Crippen LogP contribution in [0.2, 0.25) is 0 Å². The first-order valence-electron chi connectivity index (χ1n) is 9.38. The molecule has 29 heavy (non-hydrogen) atoms. The van der Waals surface area contributed by atoms with Gasteiger partial charge in [0.05, 0.1) is 12.6 Å². The van der Waals surface area contributed by atoms with Gasteiger partial charge < -0.3 is 15.5 Å². The minimum absolute atomic E-state index is 0. The Bertz CT molecular complexity index is 1240. The Balaban J connectivity index is 0.00000240. The molecule has 0 radical (unpaired) electrons. The van der Waals surface area contributed by atoms with Gasteiger partial charge in [-0.1, -0.05) is 31.2 Å². The van der Waals surface area contributed by atoms with Gasteiger partial charge in [-0.3, -0.25) is 4.79 Å². The van der Waals surface area contributed by atoms with E-state index in [9.17, 15) is 4.79 Å². The number of benzene rings is 2. The van der Waals surface area contributed by atoms with Gasteiger partial charge in [0.15, 0.2) is 0 Å². The van der Waals surface area contributed by atoms with E-state index in [-0.39, 0.29) is 18.0 Å². The summed E-state index contributed by atoms with van der Waals surface area (Å²) in [6.07, 6.45) is 0. The number of pyridine rings is 1. The summed E-state index contributed by atoms with van der Waals surface area (Å²) >= 11 is 1.53. The summed E-state index contributed by atoms with van der Waals surface area (Å²) in [5, 5.41) is 2.02. The van der Waals surface area contributed by atoms with Crippen LogP contribution in [0.4, 0.5) is 0 Å². The number of rotatable bonds is 4. The fourth-order valence-corrected chi connectivity index (χ4v) is 4.73. The van der Waals surface area contributed by atoms with Crippen LogP contribution in [0.3, 0.4) is 0 Å². The maximum atomic E-state index is 12.6. The Morgan fingerprint density at radius 1 is 1.17 bits per heavy atom. The van der Waals surface area contributed by atoms with Crippen LogP contribution < -0.4 is 16.0 Å². The Hall–Kier alpha value is -2.34. The summed E-state index contributed by atoms with van der Waals surface area (Å²) < 4.78 is 6.52. The normalized spacial score (nSPS) is 12.2. The van der Waals surface area contributed by atoms with Gasteiger partial charge in [-0.2, -0.15) is 0 Å². The van der Waals surface area contributed by atoms with Gasteiger partial charge >= 0.3 is 0 Å². The molecule has 2 aromatic heterocycles. The number of hydrogen-bond donors (Lipinski definition) is 2. The molecule has 0 saturated carbocycles. The van der Waals surface area contributed by atoms with Crippen molar-refractivity contribution in [2.24, 2.45) is 5.73 Å². The van der Waals surface area contributed by atoms with E-state index in [4.69, 9.17) is 10.5 Å². The third-order valence-corrected chi connectivity index (χ3v) is 6.45. The second-order valence-electron chi connectivity index (χ2n) is 7.33. The molecule has 0 fully saturated rings. The number of aromatic amines is 1. The Kier molecular flexibility index (Phi) is 6.03. The van der Waals surface area contributed by atoms with Crippen LogP contribution in [0.15, 0.2) is 41.2 Å². The van der Waals surface area contributed by atoms with Crippen LogP contribution in [-0.2, 0) is 0 Å². The molecule has 0 aliphatic carbocycles. The van der Waals surface area contributed by atoms with Crippen molar-refractivity contribution in [2.75, 3.05) is 13.7 Å². The van der Waals surface area contributed by atoms with Gasteiger partial charge in [0.25, 0.3) is 5.56 Å². The highest BCUT2D eigenvalue weighted by Gasteiger charge is 2.19. The highest BCUT2D eigenvalue weighted by atomic mass is 35.5. The molecule has 0 unspecified atom stereocenters. The fraction of sp³-hybridized carbons (Fsp3) is 0.261. The Morgan fingerprint density at radius 3 is 2.48 bits per heavy atom. The highest BCUT2D eigenvalue weighted by molar-refractivity contribution is 7.19. The molecular formula is C23H25ClN2O2S. The van der Waals surface area contributed by atoms with Crippen LogP contribution in [0.5, 0.6) is 5.75 Å². The van der Waals surface area contributed by atoms with Crippen LogP contribution in [-0.4, -0.2) is 18.6 Å². The maximum absolute atomic E-state index is 12.6. The predicted octanol–water partition coefficient (Wildman–Crippen LogP) is 5.52. The number of ether oxygens (including phenoxy) is 1. The summed E-state index contributed by atoms with van der Waals surface area (Å²) in [5.74, 6) is 1.12. The number of halogens is 1. The van der Waals surface area contributed by atoms with Crippen LogP contribution >= 0.6 is 23.7 Å². The number of nitrogens with one attached hydrogen (secondary N) is 1. The van der Waals surface area contributed by atoms with Crippen LogP contribution in [0.1, 0.15) is 28.8 Å². The van der Waals surface area contributed by atoms with Gasteiger partial charge in [0.2, 0.25) is 0 Å². The number of fused-ring (bicyclic) bond motifs is 3. The summed E-state index contributed by atoms with van der Waals surface area (Å²) in [7, 11) is 1.69. The van der Waals surface area contributed by atoms with Crippen LogP contribution in [0, 0.1) is 13.8 Å². The van der Waals surface area contributed by atoms with E-state index >= 15 is 0 Å². The highest BCUT2D eigenvalue weighted by Crippen LogP contribution is 2.42. The zero-order valence-corrected chi connectivity index (χ0v) is 18.6. The van der Waals surface area contributed by atoms with Gasteiger partial charge in [-0.05, 0) is 55.1 Å². The topological polar surface area (TPSA) is 68.1 Å². The summed E-state index contributed by atoms with van der Waals surface area (Å²) in [6, 6.07) is 12.6. The average molecular weight is 429 g/mol. The van der Waals surface area contributed by atoms with E-state index in [2.05, 4.69) is 42.2 Å². The standard InChI is InChI=1S/C23H24N2O2S.ClH/c1-12-9-18(27-4)19(16-7-5-15(6-8-16)13(2)11-24)20-17-10-14(3)28-22(17)23(26)25-21(12)20;/h5-10,13H,11,24H2,1-4H3,(H,25,26);1H/t13-;/m0./s1. The third-order valence-electron chi connectivity index (χ3n) is 5.40. The zero-order chi connectivity index (χ0) is 20.0. The molecule has 0 amide bonds. The molecular weight excluding hydrogens is 404 g/mol. The lowest BCUT2D eigenvalue weighted by Crippen LogP contribution is -2.08. The van der Waals surface area contributed by atoms with E-state index < -0.39 is 0 Å². The van der Waals surface area contributed by atoms with Crippen molar-refractivity contribution in [2.45, 2.75) is 26.7 Å². The number of nitrogens with two attached hydrogens (primary N) is 1. The fourth-order valence-electron chi connectivity index (χ4n) is 3.82. The molecule has 2 aromatic carbocycles. The molecule has 0 saturated heterocycles. The molecule has 4 nitrogen and oxygen atoms in total. The smallest absolute Gasteiger partial charge is 0.266 e. The average Bonchev–Trinajstić information content (AvgIpc) is 3.10. The van der Waals surface area contributed by atoms with E-state index in [1.165, 1.54) is 16.9 Å². The number of aromatic nitrogens is 1. The summed E-state index contributed by atoms with van der Waals surface area (Å²) in [6.45, 7) is 6.78. The van der Waals surface area contributed by atoms with Gasteiger partial charge in [0.1, 0.15) is 10.4 Å². The van der Waals surface area contributed by atoms with Crippen molar-refractivity contribution >= 4 is 44.7 Å². The quantitative estimate of drug-likeness (QED) is 0.449. The van der Waals surface area contributed by atoms with E-state index in [1.54, 1.807) is 7.11 Å². The van der Waals surface area contributed by atoms with Crippen molar-refractivity contribution in [3.63, 3.8) is 0 Å². The van der Waals surface area contributed by atoms with Crippen LogP contribution in [0.25, 0.3) is 32.1 Å². The van der Waals surface area contributed by atoms with Crippen molar-refractivity contribution in [3.8, 4) is 16.9 Å². The number of thiophene rings is 1. The summed E-state index contributed by atoms with van der Waals surface area (Å²) in [5.41, 5.74) is 10.9. The molecule has 4 rings (SSSR count). The van der Waals surface area contributed by atoms with Gasteiger partial charge in [-0.25, -0.2) is 0 Å². The monoisotopic (exact) mass is 428 g/mol. The minimum atomic E-state index is -0.0352. The Morgan fingerprint density at radius 2 is 1.86 bits per heavy atom. The van der Waals surface area contributed by atoms with Crippen molar-refractivity contribution < 1.29 is 4.74 Å². The Labute approximate surface area is 180 Å². The van der Waals surface area contributed by atoms with Gasteiger partial charge in [0, 0.05) is 21.2 Å². The first-order valence-corrected chi connectivity index (χ1v) is 10.2. The zero-order valence-electron chi connectivity index (χ0n) is 17.0. The molecule has 0 aliphatic heterocycles. The molecule has 1 atom stereocenters. The second-order valence-corrected chi connectivity index (χ2v) is 8.59. The second kappa shape index (κ2) is 8.19. The van der Waals surface area contributed by atoms with Crippen molar-refractivity contribution in [1.29, 1.82) is 0 Å². The first kappa shape index (κ1) is 21.4. The van der Waals surface area contributed by atoms with E-state index in [0.29, 0.717) is 12.5 Å². The largest absolute Gasteiger partial charge is 0.496 e. The van der Waals surface area contributed by atoms with Gasteiger partial charge in [-0.15, -0.1) is 23.7 Å². The van der Waals surface area contributed by atoms with Crippen molar-refractivity contribution in [1.82, 2.24) is 4.98 Å². The number of hydrogen-bond acceptors (Lipinski definition) is 4. The molecule has 3 N–H and O–H groups in total. The lowest BCUT2D eigenvalue weighted by atomic mass is 9.93. The number of aryl methyl sites for hydroxylation is 2. The minimum Gasteiger partial charge on any atom is -0.496 e. The first-order chi connectivity index (χ1) is 13.4.